The Morgan fingerprint density at radius 1 is 1.00 bits per heavy atom. The molecule has 1 aromatic carbocycles. The third kappa shape index (κ3) is 4.73. The molecule has 2 heterocycles. The molecule has 0 saturated heterocycles. The van der Waals surface area contributed by atoms with Crippen molar-refractivity contribution in [1.29, 1.82) is 0 Å². The molecule has 0 bridgehead atoms. The van der Waals surface area contributed by atoms with E-state index in [1.807, 2.05) is 0 Å². The van der Waals surface area contributed by atoms with E-state index in [4.69, 9.17) is 20.6 Å². The van der Waals surface area contributed by atoms with Crippen molar-refractivity contribution in [3.63, 3.8) is 0 Å². The molecule has 27 heavy (non-hydrogen) atoms. The summed E-state index contributed by atoms with van der Waals surface area (Å²) in [6.45, 7) is 3.56. The minimum atomic E-state index is -0.520. The number of aromatic nitrogens is 2. The number of nitrogens with zero attached hydrogens (tertiary/aromatic N) is 2. The lowest BCUT2D eigenvalue weighted by atomic mass is 10.1. The van der Waals surface area contributed by atoms with Gasteiger partial charge in [-0.15, -0.1) is 0 Å². The van der Waals surface area contributed by atoms with Gasteiger partial charge in [0, 0.05) is 23.7 Å². The molecule has 3 rings (SSSR count). The van der Waals surface area contributed by atoms with Crippen LogP contribution in [-0.2, 0) is 0 Å². The van der Waals surface area contributed by atoms with Crippen molar-refractivity contribution in [3.05, 3.63) is 69.9 Å². The van der Waals surface area contributed by atoms with Gasteiger partial charge in [0.1, 0.15) is 0 Å². The molecule has 0 unspecified atom stereocenters. The maximum atomic E-state index is 12.4. The fraction of sp³-hybridized carbons (Fsp3) is 0.222. The molecule has 8 nitrogen and oxygen atoms in total. The van der Waals surface area contributed by atoms with Gasteiger partial charge in [-0.1, -0.05) is 34.0 Å². The summed E-state index contributed by atoms with van der Waals surface area (Å²) in [5.41, 5.74) is 1.96. The molecule has 0 saturated carbocycles. The van der Waals surface area contributed by atoms with E-state index < -0.39 is 17.9 Å². The molecule has 2 N–H and O–H groups in total. The average Bonchev–Trinajstić information content (AvgIpc) is 3.27. The van der Waals surface area contributed by atoms with Crippen LogP contribution in [0.25, 0.3) is 0 Å². The van der Waals surface area contributed by atoms with E-state index in [1.165, 1.54) is 12.1 Å². The first-order valence-electron chi connectivity index (χ1n) is 8.13. The van der Waals surface area contributed by atoms with E-state index in [0.29, 0.717) is 16.4 Å². The van der Waals surface area contributed by atoms with E-state index >= 15 is 0 Å². The Morgan fingerprint density at radius 2 is 1.56 bits per heavy atom. The molecule has 0 aliphatic rings. The molecule has 9 heteroatoms. The number of rotatable bonds is 6. The van der Waals surface area contributed by atoms with E-state index in [-0.39, 0.29) is 18.1 Å². The number of halogens is 1. The molecule has 0 aliphatic heterocycles. The summed E-state index contributed by atoms with van der Waals surface area (Å²) in [7, 11) is 0. The van der Waals surface area contributed by atoms with Gasteiger partial charge in [-0.05, 0) is 31.5 Å². The third-order valence-electron chi connectivity index (χ3n) is 3.75. The Balaban J connectivity index is 1.74. The summed E-state index contributed by atoms with van der Waals surface area (Å²) in [6, 6.07) is 9.49. The van der Waals surface area contributed by atoms with Crippen molar-refractivity contribution in [1.82, 2.24) is 20.9 Å². The average molecular weight is 389 g/mol. The highest BCUT2D eigenvalue weighted by molar-refractivity contribution is 6.30. The van der Waals surface area contributed by atoms with Gasteiger partial charge in [0.15, 0.2) is 0 Å². The van der Waals surface area contributed by atoms with E-state index in [1.54, 1.807) is 38.1 Å². The smallest absolute Gasteiger partial charge is 0.290 e. The second-order valence-electron chi connectivity index (χ2n) is 5.95. The maximum absolute atomic E-state index is 12.4. The summed E-state index contributed by atoms with van der Waals surface area (Å²) < 4.78 is 9.93. The molecular formula is C18H17ClN4O4. The fourth-order valence-electron chi connectivity index (χ4n) is 2.40. The van der Waals surface area contributed by atoms with E-state index in [9.17, 15) is 9.59 Å². The van der Waals surface area contributed by atoms with E-state index in [0.717, 1.165) is 5.56 Å². The third-order valence-corrected chi connectivity index (χ3v) is 4.00. The lowest BCUT2D eigenvalue weighted by Gasteiger charge is -2.19. The normalized spacial score (nSPS) is 11.8. The van der Waals surface area contributed by atoms with Gasteiger partial charge in [-0.2, -0.15) is 0 Å². The number of amides is 2. The van der Waals surface area contributed by atoms with Crippen molar-refractivity contribution in [2.45, 2.75) is 19.9 Å². The van der Waals surface area contributed by atoms with E-state index in [2.05, 4.69) is 20.9 Å². The van der Waals surface area contributed by atoms with Gasteiger partial charge in [0.2, 0.25) is 11.5 Å². The zero-order valence-corrected chi connectivity index (χ0v) is 15.4. The number of hydrogen-bond acceptors (Lipinski definition) is 6. The number of benzene rings is 1. The van der Waals surface area contributed by atoms with Gasteiger partial charge in [-0.3, -0.25) is 9.59 Å². The SMILES string of the molecule is Cc1cc(C(=O)NC[C@H](NC(=O)c2cc(C)no2)c2ccc(Cl)cc2)on1. The molecule has 140 valence electrons. The summed E-state index contributed by atoms with van der Waals surface area (Å²) in [4.78, 5) is 24.6. The number of carbonyl (C=O) groups excluding carboxylic acids is 2. The van der Waals surface area contributed by atoms with Crippen LogP contribution in [0.4, 0.5) is 0 Å². The zero-order chi connectivity index (χ0) is 19.4. The molecule has 2 amide bonds. The monoisotopic (exact) mass is 388 g/mol. The largest absolute Gasteiger partial charge is 0.351 e. The Bertz CT molecular complexity index is 948. The van der Waals surface area contributed by atoms with Crippen LogP contribution < -0.4 is 10.6 Å². The molecule has 2 aromatic heterocycles. The summed E-state index contributed by atoms with van der Waals surface area (Å²) in [5.74, 6) is -0.692. The lowest BCUT2D eigenvalue weighted by Crippen LogP contribution is -2.37. The van der Waals surface area contributed by atoms with Crippen LogP contribution in [-0.4, -0.2) is 28.7 Å². The number of nitrogens with one attached hydrogen (secondary N) is 2. The Morgan fingerprint density at radius 3 is 2.07 bits per heavy atom. The minimum Gasteiger partial charge on any atom is -0.351 e. The summed E-state index contributed by atoms with van der Waals surface area (Å²) in [6.07, 6.45) is 0. The van der Waals surface area contributed by atoms with Crippen LogP contribution >= 0.6 is 11.6 Å². The van der Waals surface area contributed by atoms with Gasteiger partial charge in [-0.25, -0.2) is 0 Å². The molecule has 3 aromatic rings. The molecule has 1 atom stereocenters. The van der Waals surface area contributed by atoms with Crippen LogP contribution in [0, 0.1) is 13.8 Å². The zero-order valence-electron chi connectivity index (χ0n) is 14.7. The van der Waals surface area contributed by atoms with Crippen LogP contribution in [0.3, 0.4) is 0 Å². The molecule has 0 aliphatic carbocycles. The lowest BCUT2D eigenvalue weighted by molar-refractivity contribution is 0.0871. The minimum absolute atomic E-state index is 0.0867. The molecule has 0 radical (unpaired) electrons. The Labute approximate surface area is 159 Å². The predicted octanol–water partition coefficient (Wildman–Crippen LogP) is 2.83. The van der Waals surface area contributed by atoms with Gasteiger partial charge >= 0.3 is 0 Å². The van der Waals surface area contributed by atoms with Crippen molar-refractivity contribution >= 4 is 23.4 Å². The number of carbonyl (C=O) groups is 2. The van der Waals surface area contributed by atoms with Crippen LogP contribution in [0.1, 0.15) is 44.1 Å². The van der Waals surface area contributed by atoms with Crippen LogP contribution in [0.5, 0.6) is 0 Å². The first kappa shape index (κ1) is 18.7. The Hall–Kier alpha value is -3.13. The van der Waals surface area contributed by atoms with Crippen molar-refractivity contribution in [3.8, 4) is 0 Å². The van der Waals surface area contributed by atoms with Crippen LogP contribution in [0.2, 0.25) is 5.02 Å². The first-order valence-corrected chi connectivity index (χ1v) is 8.51. The van der Waals surface area contributed by atoms with Crippen molar-refractivity contribution < 1.29 is 18.6 Å². The van der Waals surface area contributed by atoms with Gasteiger partial charge < -0.3 is 19.7 Å². The van der Waals surface area contributed by atoms with Crippen molar-refractivity contribution in [2.75, 3.05) is 6.54 Å². The molecule has 0 fully saturated rings. The molecular weight excluding hydrogens is 372 g/mol. The van der Waals surface area contributed by atoms with Gasteiger partial charge in [0.25, 0.3) is 11.8 Å². The van der Waals surface area contributed by atoms with Gasteiger partial charge in [0.05, 0.1) is 17.4 Å². The Kier molecular flexibility index (Phi) is 5.56. The maximum Gasteiger partial charge on any atom is 0.290 e. The highest BCUT2D eigenvalue weighted by Crippen LogP contribution is 2.17. The quantitative estimate of drug-likeness (QED) is 0.671. The standard InChI is InChI=1S/C18H17ClN4O4/c1-10-7-15(26-22-10)17(24)20-9-14(12-3-5-13(19)6-4-12)21-18(25)16-8-11(2)23-27-16/h3-8,14H,9H2,1-2H3,(H,20,24)(H,21,25)/t14-/m0/s1. The second-order valence-corrected chi connectivity index (χ2v) is 6.39. The highest BCUT2D eigenvalue weighted by Gasteiger charge is 2.21. The summed E-state index contributed by atoms with van der Waals surface area (Å²) >= 11 is 5.93. The van der Waals surface area contributed by atoms with Crippen molar-refractivity contribution in [2.24, 2.45) is 0 Å². The second kappa shape index (κ2) is 8.05. The number of aryl methyl sites for hydroxylation is 2. The number of hydrogen-bond donors (Lipinski definition) is 2. The fourth-order valence-corrected chi connectivity index (χ4v) is 2.53. The highest BCUT2D eigenvalue weighted by atomic mass is 35.5. The molecule has 0 spiro atoms. The predicted molar refractivity (Wildman–Crippen MR) is 96.5 cm³/mol. The summed E-state index contributed by atoms with van der Waals surface area (Å²) in [5, 5.41) is 13.5. The first-order chi connectivity index (χ1) is 12.9. The van der Waals surface area contributed by atoms with Crippen LogP contribution in [0.15, 0.2) is 45.4 Å². The topological polar surface area (TPSA) is 110 Å².